The van der Waals surface area contributed by atoms with Crippen LogP contribution >= 0.6 is 0 Å². The van der Waals surface area contributed by atoms with Crippen molar-refractivity contribution in [1.29, 1.82) is 5.41 Å². The molecule has 33 heavy (non-hydrogen) atoms. The van der Waals surface area contributed by atoms with Crippen LogP contribution in [0.1, 0.15) is 105 Å². The highest BCUT2D eigenvalue weighted by atomic mass is 17.2. The zero-order valence-electron chi connectivity index (χ0n) is 21.4. The maximum Gasteiger partial charge on any atom is 0.406 e. The number of aromatic hydroxyl groups is 2. The van der Waals surface area contributed by atoms with Gasteiger partial charge < -0.3 is 19.8 Å². The molecule has 0 bridgehead atoms. The first-order valence-corrected chi connectivity index (χ1v) is 11.9. The highest BCUT2D eigenvalue weighted by Gasteiger charge is 2.28. The molecule has 1 aromatic rings. The zero-order chi connectivity index (χ0) is 25.1. The molecule has 1 rings (SSSR count). The van der Waals surface area contributed by atoms with Crippen molar-refractivity contribution in [2.45, 2.75) is 117 Å². The Kier molecular flexibility index (Phi) is 11.8. The molecule has 0 spiro atoms. The highest BCUT2D eigenvalue weighted by molar-refractivity contribution is 5.65. The Morgan fingerprint density at radius 1 is 1.06 bits per heavy atom. The quantitative estimate of drug-likeness (QED) is 0.0966. The predicted octanol–water partition coefficient (Wildman–Crippen LogP) is 6.35. The van der Waals surface area contributed by atoms with Crippen LogP contribution < -0.4 is 4.84 Å². The molecule has 1 unspecified atom stereocenters. The smallest absolute Gasteiger partial charge is 0.406 e. The Bertz CT molecular complexity index is 749. The van der Waals surface area contributed by atoms with E-state index >= 15 is 0 Å². The summed E-state index contributed by atoms with van der Waals surface area (Å²) >= 11 is 0. The minimum absolute atomic E-state index is 0.296. The second-order valence-corrected chi connectivity index (χ2v) is 10.1. The van der Waals surface area contributed by atoms with Gasteiger partial charge in [-0.1, -0.05) is 51.2 Å². The average Bonchev–Trinajstić information content (AvgIpc) is 2.95. The molecule has 0 aliphatic carbocycles. The molecule has 8 heteroatoms. The predicted molar refractivity (Wildman–Crippen MR) is 130 cm³/mol. The highest BCUT2D eigenvalue weighted by Crippen LogP contribution is 2.28. The van der Waals surface area contributed by atoms with Gasteiger partial charge in [0.1, 0.15) is 11.7 Å². The van der Waals surface area contributed by atoms with Gasteiger partial charge in [0.05, 0.1) is 5.60 Å². The van der Waals surface area contributed by atoms with Gasteiger partial charge in [0, 0.05) is 18.1 Å². The van der Waals surface area contributed by atoms with Gasteiger partial charge in [-0.2, -0.15) is 0 Å². The van der Waals surface area contributed by atoms with Crippen molar-refractivity contribution in [1.82, 2.24) is 4.73 Å². The van der Waals surface area contributed by atoms with E-state index in [-0.39, 0.29) is 11.8 Å². The first-order valence-electron chi connectivity index (χ1n) is 11.9. The molecule has 3 N–H and O–H groups in total. The van der Waals surface area contributed by atoms with Crippen LogP contribution in [0.5, 0.6) is 11.8 Å². The molecule has 0 saturated heterocycles. The third-order valence-corrected chi connectivity index (χ3v) is 4.74. The van der Waals surface area contributed by atoms with Gasteiger partial charge in [-0.3, -0.25) is 0 Å². The fourth-order valence-corrected chi connectivity index (χ4v) is 3.25. The molecule has 0 radical (unpaired) electrons. The lowest BCUT2D eigenvalue weighted by molar-refractivity contribution is -0.399. The van der Waals surface area contributed by atoms with Gasteiger partial charge in [0.2, 0.25) is 11.8 Å². The van der Waals surface area contributed by atoms with Crippen LogP contribution in [-0.2, 0) is 14.5 Å². The van der Waals surface area contributed by atoms with E-state index in [4.69, 9.17) is 24.8 Å². The van der Waals surface area contributed by atoms with Crippen molar-refractivity contribution in [2.75, 3.05) is 0 Å². The summed E-state index contributed by atoms with van der Waals surface area (Å²) in [5, 5.41) is 28.4. The second kappa shape index (κ2) is 13.5. The zero-order valence-corrected chi connectivity index (χ0v) is 21.4. The molecule has 1 heterocycles. The summed E-state index contributed by atoms with van der Waals surface area (Å²) in [4.78, 5) is 16.1. The van der Waals surface area contributed by atoms with Crippen LogP contribution in [-0.4, -0.2) is 38.3 Å². The summed E-state index contributed by atoms with van der Waals surface area (Å²) in [6.45, 7) is 13.4. The maximum absolute atomic E-state index is 10.4. The number of aromatic nitrogens is 1. The molecule has 1 atom stereocenters. The molecule has 0 aliphatic heterocycles. The fraction of sp³-hybridized carbons (Fsp3) is 0.720. The number of allylic oxidation sites excluding steroid dienone is 1. The lowest BCUT2D eigenvalue weighted by Gasteiger charge is -2.30. The average molecular weight is 469 g/mol. The van der Waals surface area contributed by atoms with E-state index in [1.54, 1.807) is 13.0 Å². The lowest BCUT2D eigenvalue weighted by atomic mass is 10.0. The van der Waals surface area contributed by atoms with Crippen LogP contribution in [0.3, 0.4) is 0 Å². The first kappa shape index (κ1) is 28.8. The Hall–Kier alpha value is -2.19. The van der Waals surface area contributed by atoms with Crippen LogP contribution in [0, 0.1) is 5.41 Å². The first-order chi connectivity index (χ1) is 15.3. The number of nitrogens with zero attached hydrogens (tertiary/aromatic N) is 1. The van der Waals surface area contributed by atoms with Crippen LogP contribution in [0.4, 0.5) is 0 Å². The van der Waals surface area contributed by atoms with Crippen molar-refractivity contribution in [3.05, 3.63) is 17.7 Å². The summed E-state index contributed by atoms with van der Waals surface area (Å²) in [5.41, 5.74) is -0.687. The Morgan fingerprint density at radius 2 is 1.70 bits per heavy atom. The van der Waals surface area contributed by atoms with Crippen LogP contribution in [0.15, 0.2) is 12.1 Å². The van der Waals surface area contributed by atoms with Gasteiger partial charge in [0.15, 0.2) is 0 Å². The van der Waals surface area contributed by atoms with Crippen LogP contribution in [0.25, 0.3) is 6.08 Å². The molecular formula is C25H44N2O6. The van der Waals surface area contributed by atoms with E-state index in [1.165, 1.54) is 38.2 Å². The second-order valence-electron chi connectivity index (χ2n) is 10.1. The molecular weight excluding hydrogens is 424 g/mol. The third-order valence-electron chi connectivity index (χ3n) is 4.74. The Labute approximate surface area is 198 Å². The molecule has 190 valence electrons. The normalized spacial score (nSPS) is 13.4. The van der Waals surface area contributed by atoms with Crippen molar-refractivity contribution < 1.29 is 29.6 Å². The Balaban J connectivity index is 2.53. The van der Waals surface area contributed by atoms with Gasteiger partial charge in [0.25, 0.3) is 0 Å². The number of nitrogens with one attached hydrogen (secondary N) is 1. The van der Waals surface area contributed by atoms with Crippen molar-refractivity contribution in [2.24, 2.45) is 0 Å². The van der Waals surface area contributed by atoms with Crippen molar-refractivity contribution in [3.8, 4) is 11.8 Å². The standard InChI is InChI=1S/C25H44N2O6/c1-8-9-10-11-12-13-14-15-16-20-17-21(28)27(22(20)29)31-23(26)30-19(2)18-25(6,7)33-32-24(3,4)5/h15-17,19,26,28-29H,8-14,18H2,1-7H3. The van der Waals surface area contributed by atoms with Crippen LogP contribution in [0.2, 0.25) is 0 Å². The van der Waals surface area contributed by atoms with E-state index in [1.807, 2.05) is 40.7 Å². The summed E-state index contributed by atoms with van der Waals surface area (Å²) < 4.78 is 6.23. The number of hydrogen-bond acceptors (Lipinski definition) is 7. The third kappa shape index (κ3) is 12.0. The minimum atomic E-state index is -0.654. The fourth-order valence-electron chi connectivity index (χ4n) is 3.25. The summed E-state index contributed by atoms with van der Waals surface area (Å²) in [6, 6.07) is 1.38. The molecule has 0 aromatic carbocycles. The Morgan fingerprint density at radius 3 is 2.33 bits per heavy atom. The molecule has 0 amide bonds. The SMILES string of the molecule is CCCCCCCCC=Cc1cc(O)n(OC(=N)OC(C)CC(C)(C)OOC(C)(C)C)c1O. The van der Waals surface area contributed by atoms with Crippen molar-refractivity contribution in [3.63, 3.8) is 0 Å². The molecule has 0 saturated carbocycles. The number of rotatable bonds is 14. The van der Waals surface area contributed by atoms with E-state index in [0.717, 1.165) is 17.6 Å². The summed E-state index contributed by atoms with van der Waals surface area (Å²) in [6.07, 6.45) is 11.3. The van der Waals surface area contributed by atoms with Gasteiger partial charge in [-0.25, -0.2) is 15.2 Å². The monoisotopic (exact) mass is 468 g/mol. The van der Waals surface area contributed by atoms with Gasteiger partial charge >= 0.3 is 6.08 Å². The summed E-state index contributed by atoms with van der Waals surface area (Å²) in [7, 11) is 0. The number of unbranched alkanes of at least 4 members (excludes halogenated alkanes) is 6. The van der Waals surface area contributed by atoms with E-state index in [2.05, 4.69) is 6.92 Å². The van der Waals surface area contributed by atoms with Crippen molar-refractivity contribution >= 4 is 12.2 Å². The maximum atomic E-state index is 10.4. The lowest BCUT2D eigenvalue weighted by Crippen LogP contribution is -2.35. The molecule has 0 fully saturated rings. The minimum Gasteiger partial charge on any atom is -0.492 e. The number of hydrogen-bond donors (Lipinski definition) is 3. The molecule has 0 aliphatic rings. The van der Waals surface area contributed by atoms with E-state index in [9.17, 15) is 10.2 Å². The van der Waals surface area contributed by atoms with Gasteiger partial charge in [-0.15, -0.1) is 4.73 Å². The molecule has 8 nitrogen and oxygen atoms in total. The molecule has 1 aromatic heterocycles. The topological polar surface area (TPSA) is 106 Å². The van der Waals surface area contributed by atoms with E-state index in [0.29, 0.717) is 12.0 Å². The summed E-state index contributed by atoms with van der Waals surface area (Å²) in [5.74, 6) is -0.620. The largest absolute Gasteiger partial charge is 0.492 e. The van der Waals surface area contributed by atoms with E-state index < -0.39 is 23.4 Å². The number of ether oxygens (including phenoxy) is 1. The van der Waals surface area contributed by atoms with Gasteiger partial charge in [-0.05, 0) is 54.4 Å².